The van der Waals surface area contributed by atoms with Gasteiger partial charge >= 0.3 is 5.97 Å². The number of carbonyl (C=O) groups excluding carboxylic acids is 3. The van der Waals surface area contributed by atoms with E-state index < -0.39 is 35.6 Å². The number of hydrogen-bond acceptors (Lipinski definition) is 7. The van der Waals surface area contributed by atoms with Crippen molar-refractivity contribution in [2.24, 2.45) is 11.8 Å². The number of allylic oxidation sites excluding steroid dienone is 1. The van der Waals surface area contributed by atoms with Crippen molar-refractivity contribution in [2.75, 3.05) is 49.2 Å². The molecule has 0 aromatic heterocycles. The SMILES string of the molecule is C=CCCCOC(=O)[C@@H]1[C@@H]2CCC3(O2)C(C(=O)N(CC=C)c2ccc(N(CC)CC)cc2)N(CCCCO)C(=O)[C@H]13. The fourth-order valence-electron chi connectivity index (χ4n) is 6.86. The van der Waals surface area contributed by atoms with E-state index in [1.165, 1.54) is 0 Å². The van der Waals surface area contributed by atoms with E-state index in [-0.39, 0.29) is 31.6 Å². The van der Waals surface area contributed by atoms with Gasteiger partial charge in [-0.2, -0.15) is 0 Å². The van der Waals surface area contributed by atoms with Crippen molar-refractivity contribution in [1.82, 2.24) is 4.90 Å². The molecule has 1 spiro atoms. The number of hydrogen-bond donors (Lipinski definition) is 1. The van der Waals surface area contributed by atoms with Gasteiger partial charge < -0.3 is 29.3 Å². The number of amides is 2. The normalized spacial score (nSPS) is 26.1. The van der Waals surface area contributed by atoms with Crippen molar-refractivity contribution >= 4 is 29.2 Å². The van der Waals surface area contributed by atoms with Crippen LogP contribution in [0.1, 0.15) is 52.4 Å². The van der Waals surface area contributed by atoms with Gasteiger partial charge in [0.05, 0.1) is 24.5 Å². The minimum atomic E-state index is -1.09. The van der Waals surface area contributed by atoms with Gasteiger partial charge in [-0.15, -0.1) is 13.2 Å². The molecule has 41 heavy (non-hydrogen) atoms. The van der Waals surface area contributed by atoms with Crippen LogP contribution >= 0.6 is 0 Å². The van der Waals surface area contributed by atoms with Gasteiger partial charge in [0, 0.05) is 44.2 Å². The summed E-state index contributed by atoms with van der Waals surface area (Å²) in [4.78, 5) is 47.3. The van der Waals surface area contributed by atoms with Crippen molar-refractivity contribution in [2.45, 2.75) is 70.1 Å². The molecular weight excluding hydrogens is 522 g/mol. The molecule has 3 fully saturated rings. The van der Waals surface area contributed by atoms with Crippen molar-refractivity contribution in [3.63, 3.8) is 0 Å². The predicted molar refractivity (Wildman–Crippen MR) is 159 cm³/mol. The molecule has 224 valence electrons. The first-order valence-corrected chi connectivity index (χ1v) is 15.0. The highest BCUT2D eigenvalue weighted by molar-refractivity contribution is 6.04. The Morgan fingerprint density at radius 3 is 2.46 bits per heavy atom. The second-order valence-corrected chi connectivity index (χ2v) is 11.0. The molecule has 1 N–H and O–H groups in total. The number of esters is 1. The average Bonchev–Trinajstić information content (AvgIpc) is 3.62. The lowest BCUT2D eigenvalue weighted by molar-refractivity contribution is -0.155. The molecule has 0 aliphatic carbocycles. The van der Waals surface area contributed by atoms with E-state index in [9.17, 15) is 19.5 Å². The molecule has 3 aliphatic rings. The Labute approximate surface area is 243 Å². The minimum Gasteiger partial charge on any atom is -0.465 e. The van der Waals surface area contributed by atoms with Crippen LogP contribution < -0.4 is 9.80 Å². The molecule has 2 unspecified atom stereocenters. The lowest BCUT2D eigenvalue weighted by Crippen LogP contribution is -2.56. The van der Waals surface area contributed by atoms with E-state index in [1.54, 1.807) is 22.0 Å². The number of fused-ring (bicyclic) bond motifs is 1. The van der Waals surface area contributed by atoms with Crippen LogP contribution in [0.3, 0.4) is 0 Å². The van der Waals surface area contributed by atoms with Gasteiger partial charge in [0.1, 0.15) is 11.6 Å². The second-order valence-electron chi connectivity index (χ2n) is 11.0. The highest BCUT2D eigenvalue weighted by Crippen LogP contribution is 2.59. The van der Waals surface area contributed by atoms with E-state index in [2.05, 4.69) is 31.9 Å². The van der Waals surface area contributed by atoms with Crippen LogP contribution in [0.2, 0.25) is 0 Å². The summed E-state index contributed by atoms with van der Waals surface area (Å²) in [7, 11) is 0. The standard InChI is InChI=1S/C32H45N3O6/c1-5-9-12-22-40-31(39)26-25-17-18-32(41-25)27(26)29(37)35(20-10-11-21-36)28(32)30(38)34(19-6-2)24-15-13-23(14-16-24)33(7-3)8-4/h5-6,13-16,25-28,36H,1-2,7-12,17-22H2,3-4H3/t25-,26+,27-,28?,32?/m0/s1. The summed E-state index contributed by atoms with van der Waals surface area (Å²) in [6.07, 6.45) is 6.54. The number of anilines is 2. The molecule has 9 heteroatoms. The van der Waals surface area contributed by atoms with Gasteiger partial charge in [0.15, 0.2) is 0 Å². The van der Waals surface area contributed by atoms with Crippen molar-refractivity contribution < 1.29 is 29.0 Å². The maximum absolute atomic E-state index is 14.5. The van der Waals surface area contributed by atoms with E-state index in [4.69, 9.17) is 9.47 Å². The number of aliphatic hydroxyl groups excluding tert-OH is 1. The molecule has 3 saturated heterocycles. The fourth-order valence-corrected chi connectivity index (χ4v) is 6.86. The molecule has 2 amide bonds. The summed E-state index contributed by atoms with van der Waals surface area (Å²) in [5.74, 6) is -2.43. The maximum atomic E-state index is 14.5. The first-order valence-electron chi connectivity index (χ1n) is 15.0. The van der Waals surface area contributed by atoms with Crippen LogP contribution in [-0.4, -0.2) is 84.9 Å². The van der Waals surface area contributed by atoms with Gasteiger partial charge in [-0.3, -0.25) is 14.4 Å². The number of carbonyl (C=O) groups is 3. The zero-order chi connectivity index (χ0) is 29.6. The molecule has 0 saturated carbocycles. The van der Waals surface area contributed by atoms with Gasteiger partial charge in [0.25, 0.3) is 5.91 Å². The molecule has 5 atom stereocenters. The third-order valence-corrected chi connectivity index (χ3v) is 8.78. The fraction of sp³-hybridized carbons (Fsp3) is 0.594. The van der Waals surface area contributed by atoms with Gasteiger partial charge in [-0.05, 0) is 76.6 Å². The van der Waals surface area contributed by atoms with Crippen LogP contribution in [0, 0.1) is 11.8 Å². The maximum Gasteiger partial charge on any atom is 0.312 e. The topological polar surface area (TPSA) is 99.6 Å². The molecule has 1 aromatic carbocycles. The number of aliphatic hydroxyl groups is 1. The Kier molecular flexibility index (Phi) is 10.3. The third kappa shape index (κ3) is 5.79. The molecule has 3 heterocycles. The first-order chi connectivity index (χ1) is 19.9. The van der Waals surface area contributed by atoms with Crippen LogP contribution in [0.25, 0.3) is 0 Å². The summed E-state index contributed by atoms with van der Waals surface area (Å²) in [5.41, 5.74) is 0.681. The molecule has 2 bridgehead atoms. The quantitative estimate of drug-likeness (QED) is 0.185. The molecule has 9 nitrogen and oxygen atoms in total. The zero-order valence-electron chi connectivity index (χ0n) is 24.5. The average molecular weight is 568 g/mol. The Morgan fingerprint density at radius 2 is 1.83 bits per heavy atom. The smallest absolute Gasteiger partial charge is 0.312 e. The summed E-state index contributed by atoms with van der Waals surface area (Å²) in [5, 5.41) is 9.40. The number of unbranched alkanes of at least 4 members (excludes halogenated alkanes) is 2. The summed E-state index contributed by atoms with van der Waals surface area (Å²) in [6.45, 7) is 14.3. The lowest BCUT2D eigenvalue weighted by Gasteiger charge is -2.37. The van der Waals surface area contributed by atoms with Crippen molar-refractivity contribution in [1.29, 1.82) is 0 Å². The summed E-state index contributed by atoms with van der Waals surface area (Å²) in [6, 6.07) is 6.97. The van der Waals surface area contributed by atoms with Gasteiger partial charge in [0.2, 0.25) is 5.91 Å². The highest BCUT2D eigenvalue weighted by Gasteiger charge is 2.75. The van der Waals surface area contributed by atoms with Crippen LogP contribution in [0.15, 0.2) is 49.6 Å². The van der Waals surface area contributed by atoms with Crippen molar-refractivity contribution in [3.05, 3.63) is 49.6 Å². The third-order valence-electron chi connectivity index (χ3n) is 8.78. The van der Waals surface area contributed by atoms with Crippen molar-refractivity contribution in [3.8, 4) is 0 Å². The number of ether oxygens (including phenoxy) is 2. The van der Waals surface area contributed by atoms with Crippen LogP contribution in [-0.2, 0) is 23.9 Å². The largest absolute Gasteiger partial charge is 0.465 e. The predicted octanol–water partition coefficient (Wildman–Crippen LogP) is 3.71. The first kappa shape index (κ1) is 30.8. The molecule has 1 aromatic rings. The molecule has 0 radical (unpaired) electrons. The molecule has 3 aliphatic heterocycles. The van der Waals surface area contributed by atoms with Gasteiger partial charge in [-0.1, -0.05) is 12.2 Å². The number of benzene rings is 1. The summed E-state index contributed by atoms with van der Waals surface area (Å²) < 4.78 is 12.1. The minimum absolute atomic E-state index is 0.00504. The Balaban J connectivity index is 1.66. The Bertz CT molecular complexity index is 1100. The van der Waals surface area contributed by atoms with E-state index in [0.717, 1.165) is 25.2 Å². The number of nitrogens with zero attached hydrogens (tertiary/aromatic N) is 3. The summed E-state index contributed by atoms with van der Waals surface area (Å²) >= 11 is 0. The highest BCUT2D eigenvalue weighted by atomic mass is 16.6. The van der Waals surface area contributed by atoms with E-state index in [0.29, 0.717) is 44.3 Å². The number of rotatable bonds is 16. The Hall–Kier alpha value is -3.17. The molecule has 4 rings (SSSR count). The monoisotopic (exact) mass is 567 g/mol. The number of likely N-dealkylation sites (tertiary alicyclic amines) is 1. The second kappa shape index (κ2) is 13.7. The van der Waals surface area contributed by atoms with Crippen LogP contribution in [0.5, 0.6) is 0 Å². The van der Waals surface area contributed by atoms with E-state index >= 15 is 0 Å². The van der Waals surface area contributed by atoms with Crippen LogP contribution in [0.4, 0.5) is 11.4 Å². The lowest BCUT2D eigenvalue weighted by atomic mass is 9.70. The molecular formula is C32H45N3O6. The van der Waals surface area contributed by atoms with E-state index in [1.807, 2.05) is 24.3 Å². The Morgan fingerprint density at radius 1 is 1.12 bits per heavy atom. The zero-order valence-corrected chi connectivity index (χ0v) is 24.5. The van der Waals surface area contributed by atoms with Gasteiger partial charge in [-0.25, -0.2) is 0 Å².